The van der Waals surface area contributed by atoms with E-state index in [2.05, 4.69) is 41.7 Å². The molecule has 1 aliphatic carbocycles. The number of carbonyl (C=O) groups excluding carboxylic acids is 6. The van der Waals surface area contributed by atoms with Crippen LogP contribution in [0.5, 0.6) is 0 Å². The lowest BCUT2D eigenvalue weighted by Gasteiger charge is -2.41. The highest BCUT2D eigenvalue weighted by molar-refractivity contribution is 6.38. The van der Waals surface area contributed by atoms with Crippen LogP contribution in [0, 0.1) is 28.6 Å². The van der Waals surface area contributed by atoms with Crippen LogP contribution in [0.15, 0.2) is 12.7 Å². The number of hydrogen-bond acceptors (Lipinski definition) is 6. The molecule has 1 saturated carbocycles. The molecule has 2 aliphatic heterocycles. The summed E-state index contributed by atoms with van der Waals surface area (Å²) in [5, 5.41) is 11.6. The number of nitrogens with one attached hydrogen (secondary N) is 4. The van der Waals surface area contributed by atoms with Crippen LogP contribution in [0.25, 0.3) is 0 Å². The van der Waals surface area contributed by atoms with E-state index in [1.54, 1.807) is 4.90 Å². The van der Waals surface area contributed by atoms with Crippen LogP contribution < -0.4 is 21.3 Å². The molecular formula is C40H68N6O6. The molecular weight excluding hydrogens is 660 g/mol. The zero-order valence-corrected chi connectivity index (χ0v) is 33.3. The Kier molecular flexibility index (Phi) is 15.7. The van der Waals surface area contributed by atoms with E-state index in [1.807, 2.05) is 46.4 Å². The molecule has 12 nitrogen and oxygen atoms in total. The van der Waals surface area contributed by atoms with Gasteiger partial charge in [-0.25, -0.2) is 4.79 Å². The number of hydrogen-bond donors (Lipinski definition) is 4. The molecule has 3 fully saturated rings. The van der Waals surface area contributed by atoms with Gasteiger partial charge < -0.3 is 31.1 Å². The lowest BCUT2D eigenvalue weighted by atomic mass is 9.81. The highest BCUT2D eigenvalue weighted by Crippen LogP contribution is 2.35. The number of piperidine rings is 1. The van der Waals surface area contributed by atoms with E-state index in [1.165, 1.54) is 6.08 Å². The Balaban J connectivity index is 1.85. The molecule has 0 radical (unpaired) electrons. The van der Waals surface area contributed by atoms with Crippen LogP contribution in [0.2, 0.25) is 0 Å². The molecule has 3 rings (SSSR count). The third kappa shape index (κ3) is 11.8. The van der Waals surface area contributed by atoms with Gasteiger partial charge in [-0.2, -0.15) is 0 Å². The van der Waals surface area contributed by atoms with Gasteiger partial charge in [-0.3, -0.25) is 24.0 Å². The summed E-state index contributed by atoms with van der Waals surface area (Å²) >= 11 is 0. The summed E-state index contributed by atoms with van der Waals surface area (Å²) in [6.07, 6.45) is 9.67. The van der Waals surface area contributed by atoms with Crippen molar-refractivity contribution in [3.63, 3.8) is 0 Å². The van der Waals surface area contributed by atoms with E-state index < -0.39 is 41.8 Å². The fourth-order valence-electron chi connectivity index (χ4n) is 7.93. The molecule has 5 atom stereocenters. The van der Waals surface area contributed by atoms with Crippen LogP contribution >= 0.6 is 0 Å². The van der Waals surface area contributed by atoms with E-state index in [4.69, 9.17) is 0 Å². The van der Waals surface area contributed by atoms with Gasteiger partial charge in [0.15, 0.2) is 0 Å². The van der Waals surface area contributed by atoms with E-state index in [0.717, 1.165) is 44.9 Å². The molecule has 2 saturated heterocycles. The summed E-state index contributed by atoms with van der Waals surface area (Å²) in [5.41, 5.74) is -0.417. The third-order valence-corrected chi connectivity index (χ3v) is 11.4. The lowest BCUT2D eigenvalue weighted by Crippen LogP contribution is -2.61. The second-order valence-electron chi connectivity index (χ2n) is 17.6. The number of Topliss-reactive ketones (excluding diaryl/α,β-unsaturated/α-hetero) is 1. The second-order valence-corrected chi connectivity index (χ2v) is 17.6. The monoisotopic (exact) mass is 729 g/mol. The predicted octanol–water partition coefficient (Wildman–Crippen LogP) is 4.72. The second kappa shape index (κ2) is 19.1. The number of urea groups is 1. The molecule has 0 aromatic carbocycles. The fourth-order valence-corrected chi connectivity index (χ4v) is 7.93. The Morgan fingerprint density at radius 2 is 1.65 bits per heavy atom. The fraction of sp³-hybridized carbons (Fsp3) is 0.800. The van der Waals surface area contributed by atoms with Crippen LogP contribution in [0.4, 0.5) is 4.79 Å². The third-order valence-electron chi connectivity index (χ3n) is 11.4. The molecule has 6 amide bonds. The molecule has 12 heteroatoms. The highest BCUT2D eigenvalue weighted by atomic mass is 16.2. The quantitative estimate of drug-likeness (QED) is 0.133. The van der Waals surface area contributed by atoms with Crippen molar-refractivity contribution in [1.82, 2.24) is 31.1 Å². The standard InChI is InChI=1S/C40H68N6O6/c1-10-12-18-29(34(48)36(50)41-21-11-2)42-35(49)33-28(26(3)4)19-22-46(33)37(51)32(27-16-14-13-15-17-27)44-38(52)43-30(39(5,6)7)25-45-23-20-40(8,9)24-31(45)47/h11,26-30,32-33H,2,10,12-25H2,1,3-9H3,(H,41,50)(H,42,49)(H2,43,44,52)/t28-,29?,30-,32+,33+/m1/s1. The zero-order valence-electron chi connectivity index (χ0n) is 33.3. The van der Waals surface area contributed by atoms with Crippen LogP contribution in [0.3, 0.4) is 0 Å². The van der Waals surface area contributed by atoms with Crippen molar-refractivity contribution < 1.29 is 28.8 Å². The summed E-state index contributed by atoms with van der Waals surface area (Å²) in [6, 6.07) is -3.55. The van der Waals surface area contributed by atoms with Crippen molar-refractivity contribution in [2.24, 2.45) is 28.6 Å². The minimum absolute atomic E-state index is 0.0475. The number of carbonyl (C=O) groups is 6. The maximum absolute atomic E-state index is 14.7. The van der Waals surface area contributed by atoms with Gasteiger partial charge >= 0.3 is 6.03 Å². The van der Waals surface area contributed by atoms with Crippen molar-refractivity contribution in [3.05, 3.63) is 12.7 Å². The van der Waals surface area contributed by atoms with Crippen molar-refractivity contribution >= 4 is 35.4 Å². The van der Waals surface area contributed by atoms with Gasteiger partial charge in [0.05, 0.1) is 12.1 Å². The first-order chi connectivity index (χ1) is 24.4. The smallest absolute Gasteiger partial charge is 0.315 e. The average molecular weight is 729 g/mol. The van der Waals surface area contributed by atoms with E-state index in [-0.39, 0.29) is 53.0 Å². The Bertz CT molecular complexity index is 1290. The first-order valence-corrected chi connectivity index (χ1v) is 19.8. The topological polar surface area (TPSA) is 157 Å². The molecule has 52 heavy (non-hydrogen) atoms. The van der Waals surface area contributed by atoms with Gasteiger partial charge in [0.2, 0.25) is 23.5 Å². The SMILES string of the molecule is C=CCNC(=O)C(=O)C(CCCC)NC(=O)[C@@H]1[C@@H](C(C)C)CCN1C(=O)[C@@H](NC(=O)N[C@H](CN1CCC(C)(C)CC1=O)C(C)(C)C)C1CCCCC1. The number of amides is 6. The first-order valence-electron chi connectivity index (χ1n) is 19.8. The van der Waals surface area contributed by atoms with Crippen molar-refractivity contribution in [3.8, 4) is 0 Å². The lowest BCUT2D eigenvalue weighted by molar-refractivity contribution is -0.144. The van der Waals surface area contributed by atoms with Gasteiger partial charge in [-0.15, -0.1) is 6.58 Å². The number of ketones is 1. The molecule has 4 N–H and O–H groups in total. The van der Waals surface area contributed by atoms with Crippen molar-refractivity contribution in [1.29, 1.82) is 0 Å². The predicted molar refractivity (Wildman–Crippen MR) is 203 cm³/mol. The largest absolute Gasteiger partial charge is 0.346 e. The number of likely N-dealkylation sites (tertiary alicyclic amines) is 2. The van der Waals surface area contributed by atoms with Gasteiger partial charge in [0.25, 0.3) is 5.91 Å². The molecule has 1 unspecified atom stereocenters. The summed E-state index contributed by atoms with van der Waals surface area (Å²) in [5.74, 6) is -2.38. The average Bonchev–Trinajstić information content (AvgIpc) is 3.54. The van der Waals surface area contributed by atoms with Gasteiger partial charge in [-0.1, -0.05) is 93.6 Å². The van der Waals surface area contributed by atoms with Crippen molar-refractivity contribution in [2.45, 2.75) is 150 Å². The summed E-state index contributed by atoms with van der Waals surface area (Å²) in [4.78, 5) is 85.1. The minimum atomic E-state index is -1.02. The summed E-state index contributed by atoms with van der Waals surface area (Å²) in [7, 11) is 0. The number of nitrogens with zero attached hydrogens (tertiary/aromatic N) is 2. The summed E-state index contributed by atoms with van der Waals surface area (Å²) < 4.78 is 0. The summed E-state index contributed by atoms with van der Waals surface area (Å²) in [6.45, 7) is 21.4. The molecule has 294 valence electrons. The molecule has 0 spiro atoms. The van der Waals surface area contributed by atoms with E-state index in [0.29, 0.717) is 45.3 Å². The van der Waals surface area contributed by atoms with Crippen LogP contribution in [0.1, 0.15) is 126 Å². The molecule has 0 aromatic heterocycles. The highest BCUT2D eigenvalue weighted by Gasteiger charge is 2.47. The maximum Gasteiger partial charge on any atom is 0.315 e. The molecule has 0 bridgehead atoms. The minimum Gasteiger partial charge on any atom is -0.346 e. The number of unbranched alkanes of at least 4 members (excludes halogenated alkanes) is 1. The normalized spacial score (nSPS) is 22.7. The van der Waals surface area contributed by atoms with E-state index >= 15 is 0 Å². The van der Waals surface area contributed by atoms with Crippen molar-refractivity contribution in [2.75, 3.05) is 26.2 Å². The van der Waals surface area contributed by atoms with Crippen LogP contribution in [-0.2, 0) is 24.0 Å². The Labute approximate surface area is 312 Å². The first kappa shape index (κ1) is 43.0. The molecule has 2 heterocycles. The van der Waals surface area contributed by atoms with E-state index in [9.17, 15) is 28.8 Å². The maximum atomic E-state index is 14.7. The Morgan fingerprint density at radius 1 is 0.981 bits per heavy atom. The van der Waals surface area contributed by atoms with Crippen LogP contribution in [-0.4, -0.2) is 95.6 Å². The van der Waals surface area contributed by atoms with Gasteiger partial charge in [-0.05, 0) is 60.7 Å². The molecule has 0 aromatic rings. The van der Waals surface area contributed by atoms with Gasteiger partial charge in [0.1, 0.15) is 12.1 Å². The molecule has 3 aliphatic rings. The Morgan fingerprint density at radius 3 is 2.23 bits per heavy atom. The number of rotatable bonds is 16. The van der Waals surface area contributed by atoms with Gasteiger partial charge in [0, 0.05) is 32.6 Å². The Hall–Kier alpha value is -3.44. The zero-order chi connectivity index (χ0) is 38.8.